The number of nitrogens with zero attached hydrogens (tertiary/aromatic N) is 3. The smallest absolute Gasteiger partial charge is 0.414 e. The van der Waals surface area contributed by atoms with Crippen molar-refractivity contribution in [3.8, 4) is 6.07 Å². The van der Waals surface area contributed by atoms with E-state index in [1.165, 1.54) is 34.9 Å². The number of anilines is 1. The average molecular weight is 405 g/mol. The first-order valence-electron chi connectivity index (χ1n) is 8.83. The van der Waals surface area contributed by atoms with Gasteiger partial charge in [-0.15, -0.1) is 0 Å². The molecule has 4 N–H and O–H groups in total. The van der Waals surface area contributed by atoms with Gasteiger partial charge in [-0.25, -0.2) is 13.8 Å². The van der Waals surface area contributed by atoms with Gasteiger partial charge in [0.1, 0.15) is 19.1 Å². The summed E-state index contributed by atoms with van der Waals surface area (Å²) in [4.78, 5) is 35.6. The van der Waals surface area contributed by atoms with E-state index in [1.807, 2.05) is 0 Å². The normalized spacial score (nSPS) is 16.2. The third-order valence-corrected chi connectivity index (χ3v) is 4.10. The summed E-state index contributed by atoms with van der Waals surface area (Å²) >= 11 is 0. The van der Waals surface area contributed by atoms with Gasteiger partial charge in [-0.1, -0.05) is 0 Å². The van der Waals surface area contributed by atoms with Crippen LogP contribution in [-0.4, -0.2) is 61.1 Å². The van der Waals surface area contributed by atoms with E-state index in [-0.39, 0.29) is 44.2 Å². The molecule has 154 valence electrons. The summed E-state index contributed by atoms with van der Waals surface area (Å²) in [6, 6.07) is 5.92. The van der Waals surface area contributed by atoms with Crippen LogP contribution in [-0.2, 0) is 14.3 Å². The second kappa shape index (κ2) is 10.0. The Hall–Kier alpha value is -3.68. The van der Waals surface area contributed by atoms with Crippen molar-refractivity contribution in [2.24, 2.45) is 5.73 Å². The maximum absolute atomic E-state index is 14.6. The van der Waals surface area contributed by atoms with Crippen LogP contribution in [0.2, 0.25) is 0 Å². The van der Waals surface area contributed by atoms with Crippen molar-refractivity contribution in [1.29, 1.82) is 5.26 Å². The third-order valence-electron chi connectivity index (χ3n) is 4.10. The summed E-state index contributed by atoms with van der Waals surface area (Å²) in [6.45, 7) is 2.06. The molecule has 0 aromatic heterocycles. The van der Waals surface area contributed by atoms with Gasteiger partial charge in [0.25, 0.3) is 0 Å². The average Bonchev–Trinajstić information content (AvgIpc) is 3.05. The van der Waals surface area contributed by atoms with E-state index in [4.69, 9.17) is 15.7 Å². The summed E-state index contributed by atoms with van der Waals surface area (Å²) in [5.74, 6) is -1.29. The lowest BCUT2D eigenvalue weighted by atomic mass is 10.2. The number of halogens is 1. The molecule has 0 spiro atoms. The molecule has 0 radical (unpaired) electrons. The Kier molecular flexibility index (Phi) is 7.47. The van der Waals surface area contributed by atoms with E-state index >= 15 is 0 Å². The zero-order valence-electron chi connectivity index (χ0n) is 15.9. The predicted molar refractivity (Wildman–Crippen MR) is 101 cm³/mol. The highest BCUT2D eigenvalue weighted by Gasteiger charge is 2.33. The number of ether oxygens (including phenoxy) is 1. The molecular formula is C18H22FN6O4+. The van der Waals surface area contributed by atoms with Gasteiger partial charge >= 0.3 is 6.09 Å². The minimum absolute atomic E-state index is 0.160. The minimum atomic E-state index is -0.630. The molecule has 1 heterocycles. The molecule has 0 aliphatic carbocycles. The van der Waals surface area contributed by atoms with Gasteiger partial charge in [0, 0.05) is 13.0 Å². The largest absolute Gasteiger partial charge is 0.442 e. The van der Waals surface area contributed by atoms with Crippen molar-refractivity contribution in [1.82, 2.24) is 10.6 Å². The number of carbonyl (C=O) groups excluding carboxylic acids is 3. The molecular weight excluding hydrogens is 383 g/mol. The van der Waals surface area contributed by atoms with Crippen molar-refractivity contribution >= 4 is 35.6 Å². The molecule has 1 aliphatic rings. The molecule has 0 bridgehead atoms. The molecule has 1 aromatic carbocycles. The molecule has 1 saturated heterocycles. The molecule has 0 unspecified atom stereocenters. The SMILES string of the molecule is CC(=O)NC[C@H]1CN(c2ccc([N+](=CN)CCNC(=O)CC#N)c(F)c2)C(=O)O1. The number of benzene rings is 1. The predicted octanol–water partition coefficient (Wildman–Crippen LogP) is -0.0521. The second-order valence-electron chi connectivity index (χ2n) is 6.22. The highest BCUT2D eigenvalue weighted by atomic mass is 19.1. The lowest BCUT2D eigenvalue weighted by Crippen LogP contribution is -2.33. The molecule has 1 fully saturated rings. The van der Waals surface area contributed by atoms with E-state index in [0.29, 0.717) is 5.69 Å². The Balaban J connectivity index is 2.03. The molecule has 1 aliphatic heterocycles. The maximum atomic E-state index is 14.6. The number of nitrogens with one attached hydrogen (secondary N) is 2. The molecule has 1 atom stereocenters. The number of nitrogens with two attached hydrogens (primary N) is 1. The van der Waals surface area contributed by atoms with Crippen LogP contribution in [0.1, 0.15) is 13.3 Å². The third kappa shape index (κ3) is 5.90. The Morgan fingerprint density at radius 1 is 1.48 bits per heavy atom. The topological polar surface area (TPSA) is 141 Å². The fourth-order valence-electron chi connectivity index (χ4n) is 2.72. The second-order valence-corrected chi connectivity index (χ2v) is 6.22. The van der Waals surface area contributed by atoms with E-state index in [0.717, 1.165) is 0 Å². The van der Waals surface area contributed by atoms with Crippen molar-refractivity contribution < 1.29 is 28.1 Å². The Labute approximate surface area is 166 Å². The van der Waals surface area contributed by atoms with Crippen LogP contribution in [0.15, 0.2) is 18.2 Å². The standard InChI is InChI=1S/C18H21FN6O4/c1-12(26)23-9-14-10-25(18(28)29-14)13-2-3-16(15(19)8-13)24(11-21)7-6-22-17(27)4-5-20/h2-3,8,11,14,21H,4,6-7,9-10H2,1H3,(H2,22,23,26,27)/p+1/t14-/m0/s1. The van der Waals surface area contributed by atoms with Crippen LogP contribution in [0.5, 0.6) is 0 Å². The summed E-state index contributed by atoms with van der Waals surface area (Å²) in [7, 11) is 0. The van der Waals surface area contributed by atoms with Crippen LogP contribution in [0.25, 0.3) is 0 Å². The van der Waals surface area contributed by atoms with Gasteiger partial charge in [-0.05, 0) is 12.1 Å². The summed E-state index contributed by atoms with van der Waals surface area (Å²) < 4.78 is 21.2. The van der Waals surface area contributed by atoms with Gasteiger partial charge in [-0.3, -0.25) is 20.2 Å². The molecule has 10 nitrogen and oxygen atoms in total. The fraction of sp³-hybridized carbons (Fsp3) is 0.389. The molecule has 3 amide bonds. The number of nitriles is 1. The Morgan fingerprint density at radius 3 is 2.86 bits per heavy atom. The first-order chi connectivity index (χ1) is 13.8. The van der Waals surface area contributed by atoms with Crippen LogP contribution >= 0.6 is 0 Å². The summed E-state index contributed by atoms with van der Waals surface area (Å²) in [6.07, 6.45) is -0.248. The van der Waals surface area contributed by atoms with E-state index < -0.39 is 23.9 Å². The van der Waals surface area contributed by atoms with Crippen molar-refractivity contribution in [2.45, 2.75) is 19.4 Å². The number of rotatable bonds is 8. The van der Waals surface area contributed by atoms with Gasteiger partial charge in [0.05, 0.1) is 31.4 Å². The summed E-state index contributed by atoms with van der Waals surface area (Å²) in [5, 5.41) is 13.6. The zero-order valence-corrected chi connectivity index (χ0v) is 15.9. The first-order valence-corrected chi connectivity index (χ1v) is 8.83. The van der Waals surface area contributed by atoms with E-state index in [2.05, 4.69) is 10.6 Å². The van der Waals surface area contributed by atoms with Crippen molar-refractivity contribution in [3.05, 3.63) is 24.0 Å². The Morgan fingerprint density at radius 2 is 2.24 bits per heavy atom. The zero-order chi connectivity index (χ0) is 21.4. The number of hydrogen-bond acceptors (Lipinski definition) is 5. The lowest BCUT2D eigenvalue weighted by molar-refractivity contribution is -0.436. The van der Waals surface area contributed by atoms with Crippen LogP contribution in [0.4, 0.5) is 20.6 Å². The Bertz CT molecular complexity index is 866. The number of hydrogen-bond donors (Lipinski definition) is 3. The molecule has 11 heteroatoms. The fourth-order valence-corrected chi connectivity index (χ4v) is 2.72. The lowest BCUT2D eigenvalue weighted by Gasteiger charge is -2.15. The van der Waals surface area contributed by atoms with Crippen molar-refractivity contribution in [2.75, 3.05) is 31.1 Å². The van der Waals surface area contributed by atoms with Gasteiger partial charge in [0.15, 0.2) is 11.5 Å². The van der Waals surface area contributed by atoms with Gasteiger partial charge < -0.3 is 15.4 Å². The number of amides is 3. The maximum Gasteiger partial charge on any atom is 0.414 e. The molecule has 29 heavy (non-hydrogen) atoms. The van der Waals surface area contributed by atoms with Gasteiger partial charge in [0.2, 0.25) is 18.2 Å². The minimum Gasteiger partial charge on any atom is -0.442 e. The summed E-state index contributed by atoms with van der Waals surface area (Å²) in [5.41, 5.74) is 6.02. The first kappa shape index (κ1) is 21.6. The van der Waals surface area contributed by atoms with Crippen LogP contribution in [0, 0.1) is 17.1 Å². The molecule has 2 rings (SSSR count). The quantitative estimate of drug-likeness (QED) is 0.315. The van der Waals surface area contributed by atoms with E-state index in [1.54, 1.807) is 12.1 Å². The molecule has 0 saturated carbocycles. The van der Waals surface area contributed by atoms with Crippen LogP contribution < -0.4 is 21.3 Å². The number of cyclic esters (lactones) is 1. The van der Waals surface area contributed by atoms with Gasteiger partial charge in [-0.2, -0.15) is 5.26 Å². The van der Waals surface area contributed by atoms with E-state index in [9.17, 15) is 18.8 Å². The highest BCUT2D eigenvalue weighted by molar-refractivity contribution is 5.90. The van der Waals surface area contributed by atoms with Crippen LogP contribution in [0.3, 0.4) is 0 Å². The molecule has 1 aromatic rings. The monoisotopic (exact) mass is 405 g/mol. The number of carbonyl (C=O) groups is 3. The van der Waals surface area contributed by atoms with Crippen molar-refractivity contribution in [3.63, 3.8) is 0 Å². The highest BCUT2D eigenvalue weighted by Crippen LogP contribution is 2.27.